The molecule has 1 N–H and O–H groups in total. The van der Waals surface area contributed by atoms with Crippen molar-refractivity contribution in [2.75, 3.05) is 13.2 Å². The van der Waals surface area contributed by atoms with Gasteiger partial charge in [0, 0.05) is 0 Å². The molecule has 5 nitrogen and oxygen atoms in total. The molecule has 116 valence electrons. The topological polar surface area (TPSA) is 72.8 Å². The lowest BCUT2D eigenvalue weighted by Gasteiger charge is -2.21. The molecule has 0 saturated heterocycles. The van der Waals surface area contributed by atoms with Crippen molar-refractivity contribution in [2.24, 2.45) is 11.3 Å². The van der Waals surface area contributed by atoms with Gasteiger partial charge in [0.2, 0.25) is 0 Å². The zero-order valence-corrected chi connectivity index (χ0v) is 12.7. The Morgan fingerprint density at radius 1 is 1.10 bits per heavy atom. The van der Waals surface area contributed by atoms with E-state index < -0.39 is 11.5 Å². The Balaban J connectivity index is 2.20. The summed E-state index contributed by atoms with van der Waals surface area (Å²) in [5.41, 5.74) is -0.599. The molecular weight excluding hydrogens is 260 g/mol. The molecule has 0 spiro atoms. The summed E-state index contributed by atoms with van der Waals surface area (Å²) in [6, 6.07) is 0. The molecule has 1 aliphatic rings. The number of carbonyl (C=O) groups is 2. The molecule has 0 amide bonds. The number of carbonyl (C=O) groups excluding carboxylic acids is 2. The maximum atomic E-state index is 11.8. The lowest BCUT2D eigenvalue weighted by atomic mass is 9.89. The van der Waals surface area contributed by atoms with E-state index in [-0.39, 0.29) is 31.1 Å². The second kappa shape index (κ2) is 7.62. The molecule has 1 aliphatic carbocycles. The van der Waals surface area contributed by atoms with E-state index >= 15 is 0 Å². The van der Waals surface area contributed by atoms with Crippen molar-refractivity contribution in [1.82, 2.24) is 0 Å². The molecule has 1 unspecified atom stereocenters. The highest BCUT2D eigenvalue weighted by Gasteiger charge is 2.25. The zero-order chi connectivity index (χ0) is 15.2. The van der Waals surface area contributed by atoms with Crippen LogP contribution in [0.15, 0.2) is 0 Å². The molecule has 1 rings (SSSR count). The van der Waals surface area contributed by atoms with E-state index in [0.717, 1.165) is 25.7 Å². The highest BCUT2D eigenvalue weighted by molar-refractivity contribution is 5.75. The first kappa shape index (κ1) is 17.0. The van der Waals surface area contributed by atoms with Crippen molar-refractivity contribution in [3.05, 3.63) is 0 Å². The van der Waals surface area contributed by atoms with Crippen LogP contribution in [0.5, 0.6) is 0 Å². The van der Waals surface area contributed by atoms with Gasteiger partial charge in [-0.1, -0.05) is 19.3 Å². The van der Waals surface area contributed by atoms with Gasteiger partial charge in [0.25, 0.3) is 0 Å². The number of aliphatic hydroxyl groups is 1. The standard InChI is InChI=1S/C15H26O5/c1-15(2,3)14(18)20-10-12(16)9-19-13(17)11-7-5-4-6-8-11/h11-12,16H,4-10H2,1-3H3. The summed E-state index contributed by atoms with van der Waals surface area (Å²) in [5, 5.41) is 9.66. The molecular formula is C15H26O5. The van der Waals surface area contributed by atoms with Crippen LogP contribution in [0, 0.1) is 11.3 Å². The fourth-order valence-corrected chi connectivity index (χ4v) is 2.07. The Kier molecular flexibility index (Phi) is 6.46. The van der Waals surface area contributed by atoms with Crippen molar-refractivity contribution < 1.29 is 24.2 Å². The van der Waals surface area contributed by atoms with Crippen LogP contribution in [-0.2, 0) is 19.1 Å². The van der Waals surface area contributed by atoms with Crippen molar-refractivity contribution in [3.63, 3.8) is 0 Å². The molecule has 5 heteroatoms. The first-order chi connectivity index (χ1) is 9.30. The predicted molar refractivity (Wildman–Crippen MR) is 74.0 cm³/mol. The first-order valence-corrected chi connectivity index (χ1v) is 7.32. The summed E-state index contributed by atoms with van der Waals surface area (Å²) >= 11 is 0. The number of rotatable bonds is 5. The van der Waals surface area contributed by atoms with Gasteiger partial charge in [-0.2, -0.15) is 0 Å². The van der Waals surface area contributed by atoms with Crippen molar-refractivity contribution in [3.8, 4) is 0 Å². The molecule has 0 aromatic heterocycles. The quantitative estimate of drug-likeness (QED) is 0.783. The summed E-state index contributed by atoms with van der Waals surface area (Å²) in [6.45, 7) is 4.96. The average Bonchev–Trinajstić information content (AvgIpc) is 2.41. The molecule has 0 aromatic carbocycles. The van der Waals surface area contributed by atoms with Gasteiger partial charge in [-0.3, -0.25) is 9.59 Å². The van der Waals surface area contributed by atoms with Crippen molar-refractivity contribution in [2.45, 2.75) is 59.0 Å². The van der Waals surface area contributed by atoms with Gasteiger partial charge < -0.3 is 14.6 Å². The van der Waals surface area contributed by atoms with E-state index in [1.54, 1.807) is 20.8 Å². The van der Waals surface area contributed by atoms with E-state index in [2.05, 4.69) is 0 Å². The third-order valence-electron chi connectivity index (χ3n) is 3.38. The fraction of sp³-hybridized carbons (Fsp3) is 0.867. The van der Waals surface area contributed by atoms with E-state index in [0.29, 0.717) is 0 Å². The van der Waals surface area contributed by atoms with Crippen LogP contribution >= 0.6 is 0 Å². The van der Waals surface area contributed by atoms with Gasteiger partial charge in [-0.15, -0.1) is 0 Å². The number of hydrogen-bond donors (Lipinski definition) is 1. The smallest absolute Gasteiger partial charge is 0.311 e. The van der Waals surface area contributed by atoms with Gasteiger partial charge in [0.15, 0.2) is 0 Å². The molecule has 0 radical (unpaired) electrons. The Labute approximate surface area is 120 Å². The minimum atomic E-state index is -0.964. The Morgan fingerprint density at radius 2 is 1.65 bits per heavy atom. The van der Waals surface area contributed by atoms with E-state index in [4.69, 9.17) is 9.47 Å². The van der Waals surface area contributed by atoms with Crippen LogP contribution in [0.1, 0.15) is 52.9 Å². The van der Waals surface area contributed by atoms with Crippen molar-refractivity contribution >= 4 is 11.9 Å². The second-order valence-electron chi connectivity index (χ2n) is 6.47. The summed E-state index contributed by atoms with van der Waals surface area (Å²) in [7, 11) is 0. The van der Waals surface area contributed by atoms with Gasteiger partial charge in [0.1, 0.15) is 19.3 Å². The molecule has 20 heavy (non-hydrogen) atoms. The van der Waals surface area contributed by atoms with Gasteiger partial charge in [-0.25, -0.2) is 0 Å². The van der Waals surface area contributed by atoms with Crippen LogP contribution in [0.4, 0.5) is 0 Å². The van der Waals surface area contributed by atoms with Crippen LogP contribution in [0.2, 0.25) is 0 Å². The predicted octanol–water partition coefficient (Wildman–Crippen LogP) is 2.06. The summed E-state index contributed by atoms with van der Waals surface area (Å²) in [5.74, 6) is -0.658. The van der Waals surface area contributed by atoms with Gasteiger partial charge >= 0.3 is 11.9 Å². The van der Waals surface area contributed by atoms with Gasteiger partial charge in [-0.05, 0) is 33.6 Å². The van der Waals surface area contributed by atoms with E-state index in [1.165, 1.54) is 6.42 Å². The number of ether oxygens (including phenoxy) is 2. The molecule has 0 bridgehead atoms. The molecule has 1 fully saturated rings. The highest BCUT2D eigenvalue weighted by atomic mass is 16.6. The normalized spacial score (nSPS) is 18.4. The first-order valence-electron chi connectivity index (χ1n) is 7.32. The van der Waals surface area contributed by atoms with Gasteiger partial charge in [0.05, 0.1) is 11.3 Å². The molecule has 0 aliphatic heterocycles. The lowest BCUT2D eigenvalue weighted by Crippen LogP contribution is -2.31. The maximum Gasteiger partial charge on any atom is 0.311 e. The van der Waals surface area contributed by atoms with Crippen LogP contribution in [0.25, 0.3) is 0 Å². The maximum absolute atomic E-state index is 11.8. The number of esters is 2. The van der Waals surface area contributed by atoms with E-state index in [9.17, 15) is 14.7 Å². The monoisotopic (exact) mass is 286 g/mol. The minimum absolute atomic E-state index is 0.0342. The summed E-state index contributed by atoms with van der Waals surface area (Å²) in [4.78, 5) is 23.3. The van der Waals surface area contributed by atoms with Crippen molar-refractivity contribution in [1.29, 1.82) is 0 Å². The summed E-state index contributed by atoms with van der Waals surface area (Å²) < 4.78 is 10.0. The fourth-order valence-electron chi connectivity index (χ4n) is 2.07. The van der Waals surface area contributed by atoms with Crippen LogP contribution in [-0.4, -0.2) is 36.4 Å². The third kappa shape index (κ3) is 5.90. The average molecular weight is 286 g/mol. The Bertz CT molecular complexity index is 326. The highest BCUT2D eigenvalue weighted by Crippen LogP contribution is 2.24. The number of hydrogen-bond acceptors (Lipinski definition) is 5. The third-order valence-corrected chi connectivity index (χ3v) is 3.38. The molecule has 1 atom stereocenters. The second-order valence-corrected chi connectivity index (χ2v) is 6.47. The van der Waals surface area contributed by atoms with Crippen LogP contribution in [0.3, 0.4) is 0 Å². The Morgan fingerprint density at radius 3 is 2.20 bits per heavy atom. The van der Waals surface area contributed by atoms with Crippen LogP contribution < -0.4 is 0 Å². The molecule has 1 saturated carbocycles. The zero-order valence-electron chi connectivity index (χ0n) is 12.7. The number of aliphatic hydroxyl groups excluding tert-OH is 1. The molecule has 0 aromatic rings. The lowest BCUT2D eigenvalue weighted by molar-refractivity contribution is -0.160. The summed E-state index contributed by atoms with van der Waals surface area (Å²) in [6.07, 6.45) is 4.07. The molecule has 0 heterocycles. The SMILES string of the molecule is CC(C)(C)C(=O)OCC(O)COC(=O)C1CCCCC1. The largest absolute Gasteiger partial charge is 0.463 e. The van der Waals surface area contributed by atoms with E-state index in [1.807, 2.05) is 0 Å². The minimum Gasteiger partial charge on any atom is -0.463 e. The Hall–Kier alpha value is -1.10.